The van der Waals surface area contributed by atoms with Gasteiger partial charge in [0.25, 0.3) is 5.91 Å². The second kappa shape index (κ2) is 7.95. The summed E-state index contributed by atoms with van der Waals surface area (Å²) in [5, 5.41) is 4.05. The van der Waals surface area contributed by atoms with Gasteiger partial charge in [0, 0.05) is 0 Å². The number of halogens is 1. The average Bonchev–Trinajstić information content (AvgIpc) is 2.97. The molecule has 0 saturated heterocycles. The number of ether oxygens (including phenoxy) is 2. The van der Waals surface area contributed by atoms with Gasteiger partial charge in [-0.15, -0.1) is 11.3 Å². The molecule has 0 radical (unpaired) electrons. The van der Waals surface area contributed by atoms with Crippen LogP contribution >= 0.6 is 27.3 Å². The fourth-order valence-corrected chi connectivity index (χ4v) is 2.89. The van der Waals surface area contributed by atoms with E-state index in [0.29, 0.717) is 5.75 Å². The lowest BCUT2D eigenvalue weighted by atomic mass is 10.3. The third-order valence-corrected chi connectivity index (χ3v) is 4.44. The van der Waals surface area contributed by atoms with E-state index >= 15 is 0 Å². The Bertz CT molecular complexity index is 668. The zero-order chi connectivity index (χ0) is 15.9. The zero-order valence-corrected chi connectivity index (χ0v) is 14.5. The molecule has 0 aliphatic carbocycles. The molecule has 0 aliphatic rings. The Hall–Kier alpha value is -1.86. The number of hydrogen-bond donors (Lipinski definition) is 1. The molecular formula is C15H15BrN2O3S. The van der Waals surface area contributed by atoms with E-state index in [1.807, 2.05) is 19.1 Å². The summed E-state index contributed by atoms with van der Waals surface area (Å²) >= 11 is 4.94. The maximum absolute atomic E-state index is 11.7. The van der Waals surface area contributed by atoms with Crippen molar-refractivity contribution < 1.29 is 14.3 Å². The number of thiophene rings is 1. The summed E-state index contributed by atoms with van der Waals surface area (Å²) in [7, 11) is 1.59. The molecule has 0 aliphatic heterocycles. The minimum atomic E-state index is -0.314. The molecule has 0 unspecified atom stereocenters. The minimum Gasteiger partial charge on any atom is -0.497 e. The summed E-state index contributed by atoms with van der Waals surface area (Å²) < 4.78 is 11.4. The van der Waals surface area contributed by atoms with E-state index in [9.17, 15) is 4.79 Å². The maximum Gasteiger partial charge on any atom is 0.277 e. The summed E-state index contributed by atoms with van der Waals surface area (Å²) in [6.45, 7) is 1.74. The van der Waals surface area contributed by atoms with Gasteiger partial charge >= 0.3 is 0 Å². The van der Waals surface area contributed by atoms with E-state index in [-0.39, 0.29) is 12.5 Å². The van der Waals surface area contributed by atoms with Crippen LogP contribution in [0.5, 0.6) is 11.5 Å². The molecule has 1 heterocycles. The van der Waals surface area contributed by atoms with E-state index < -0.39 is 0 Å². The normalized spacial score (nSPS) is 11.1. The molecular weight excluding hydrogens is 368 g/mol. The van der Waals surface area contributed by atoms with Gasteiger partial charge < -0.3 is 9.47 Å². The smallest absolute Gasteiger partial charge is 0.277 e. The van der Waals surface area contributed by atoms with E-state index in [2.05, 4.69) is 26.5 Å². The van der Waals surface area contributed by atoms with Crippen LogP contribution in [0.4, 0.5) is 0 Å². The molecule has 1 N–H and O–H groups in total. The molecule has 2 aromatic rings. The molecule has 2 rings (SSSR count). The fraction of sp³-hybridized carbons (Fsp3) is 0.200. The van der Waals surface area contributed by atoms with Crippen LogP contribution in [-0.2, 0) is 4.79 Å². The number of carbonyl (C=O) groups excluding carboxylic acids is 1. The average molecular weight is 383 g/mol. The Kier molecular flexibility index (Phi) is 5.97. The first-order valence-corrected chi connectivity index (χ1v) is 8.05. The first-order valence-electron chi connectivity index (χ1n) is 6.44. The highest BCUT2D eigenvalue weighted by atomic mass is 79.9. The first kappa shape index (κ1) is 16.5. The summed E-state index contributed by atoms with van der Waals surface area (Å²) in [6, 6.07) is 10.9. The molecule has 0 saturated carbocycles. The van der Waals surface area contributed by atoms with Crippen molar-refractivity contribution in [2.45, 2.75) is 6.92 Å². The van der Waals surface area contributed by atoms with Crippen LogP contribution in [-0.4, -0.2) is 25.3 Å². The van der Waals surface area contributed by atoms with Crippen LogP contribution in [0.3, 0.4) is 0 Å². The molecule has 1 aromatic carbocycles. The van der Waals surface area contributed by atoms with E-state index in [0.717, 1.165) is 20.1 Å². The minimum absolute atomic E-state index is 0.1000. The lowest BCUT2D eigenvalue weighted by molar-refractivity contribution is -0.123. The number of hydrogen-bond acceptors (Lipinski definition) is 5. The molecule has 0 bridgehead atoms. The van der Waals surface area contributed by atoms with Crippen molar-refractivity contribution in [3.8, 4) is 11.5 Å². The molecule has 1 amide bonds. The van der Waals surface area contributed by atoms with Crippen LogP contribution < -0.4 is 14.9 Å². The largest absolute Gasteiger partial charge is 0.497 e. The van der Waals surface area contributed by atoms with Crippen molar-refractivity contribution in [1.82, 2.24) is 5.43 Å². The first-order chi connectivity index (χ1) is 10.6. The van der Waals surface area contributed by atoms with Crippen molar-refractivity contribution in [3.63, 3.8) is 0 Å². The number of nitrogens with zero attached hydrogens (tertiary/aromatic N) is 1. The van der Waals surface area contributed by atoms with Crippen molar-refractivity contribution in [1.29, 1.82) is 0 Å². The molecule has 116 valence electrons. The number of methoxy groups -OCH3 is 1. The fourth-order valence-electron chi connectivity index (χ4n) is 1.56. The summed E-state index contributed by atoms with van der Waals surface area (Å²) in [4.78, 5) is 12.7. The number of carbonyl (C=O) groups is 1. The Labute approximate surface area is 141 Å². The van der Waals surface area contributed by atoms with Crippen molar-refractivity contribution in [2.24, 2.45) is 5.10 Å². The van der Waals surface area contributed by atoms with Crippen LogP contribution in [0.1, 0.15) is 11.8 Å². The van der Waals surface area contributed by atoms with Crippen molar-refractivity contribution in [2.75, 3.05) is 13.7 Å². The van der Waals surface area contributed by atoms with Gasteiger partial charge in [-0.05, 0) is 59.3 Å². The molecule has 0 fully saturated rings. The predicted octanol–water partition coefficient (Wildman–Crippen LogP) is 3.44. The molecule has 0 atom stereocenters. The Morgan fingerprint density at radius 1 is 1.23 bits per heavy atom. The second-order valence-corrected chi connectivity index (χ2v) is 6.76. The second-order valence-electron chi connectivity index (χ2n) is 4.30. The van der Waals surface area contributed by atoms with E-state index in [1.165, 1.54) is 0 Å². The number of nitrogens with one attached hydrogen (secondary N) is 1. The van der Waals surface area contributed by atoms with Crippen LogP contribution in [0, 0.1) is 0 Å². The Balaban J connectivity index is 1.82. The number of rotatable bonds is 6. The van der Waals surface area contributed by atoms with Gasteiger partial charge in [0.15, 0.2) is 6.61 Å². The Morgan fingerprint density at radius 3 is 2.50 bits per heavy atom. The summed E-state index contributed by atoms with van der Waals surface area (Å²) in [5.74, 6) is 1.02. The third-order valence-electron chi connectivity index (χ3n) is 2.71. The molecule has 0 spiro atoms. The van der Waals surface area contributed by atoms with Crippen LogP contribution in [0.2, 0.25) is 0 Å². The highest BCUT2D eigenvalue weighted by Crippen LogP contribution is 2.22. The number of hydrazone groups is 1. The lowest BCUT2D eigenvalue weighted by Crippen LogP contribution is -2.25. The van der Waals surface area contributed by atoms with Crippen molar-refractivity contribution >= 4 is 38.9 Å². The van der Waals surface area contributed by atoms with Crippen LogP contribution in [0.15, 0.2) is 45.3 Å². The van der Waals surface area contributed by atoms with Crippen LogP contribution in [0.25, 0.3) is 0 Å². The standard InChI is InChI=1S/C15H15BrN2O3S/c1-10(13-7-8-14(16)22-13)17-18-15(19)9-21-12-5-3-11(20-2)4-6-12/h3-8H,9H2,1-2H3,(H,18,19)/b17-10+. The van der Waals surface area contributed by atoms with Gasteiger partial charge in [-0.2, -0.15) is 5.10 Å². The van der Waals surface area contributed by atoms with Gasteiger partial charge in [0.1, 0.15) is 11.5 Å². The highest BCUT2D eigenvalue weighted by Gasteiger charge is 2.04. The topological polar surface area (TPSA) is 59.9 Å². The quantitative estimate of drug-likeness (QED) is 0.614. The van der Waals surface area contributed by atoms with Gasteiger partial charge in [-0.3, -0.25) is 4.79 Å². The number of benzene rings is 1. The Morgan fingerprint density at radius 2 is 1.91 bits per heavy atom. The summed E-state index contributed by atoms with van der Waals surface area (Å²) in [6.07, 6.45) is 0. The maximum atomic E-state index is 11.7. The molecule has 22 heavy (non-hydrogen) atoms. The van der Waals surface area contributed by atoms with Gasteiger partial charge in [0.2, 0.25) is 0 Å². The third kappa shape index (κ3) is 4.85. The molecule has 1 aromatic heterocycles. The lowest BCUT2D eigenvalue weighted by Gasteiger charge is -2.06. The van der Waals surface area contributed by atoms with Gasteiger partial charge in [-0.1, -0.05) is 0 Å². The monoisotopic (exact) mass is 382 g/mol. The summed E-state index contributed by atoms with van der Waals surface area (Å²) in [5.41, 5.74) is 3.22. The SMILES string of the molecule is COc1ccc(OCC(=O)N/N=C(\C)c2ccc(Br)s2)cc1. The van der Waals surface area contributed by atoms with E-state index in [1.54, 1.807) is 42.7 Å². The van der Waals surface area contributed by atoms with E-state index in [4.69, 9.17) is 9.47 Å². The molecule has 7 heteroatoms. The van der Waals surface area contributed by atoms with Gasteiger partial charge in [-0.25, -0.2) is 5.43 Å². The zero-order valence-electron chi connectivity index (χ0n) is 12.1. The predicted molar refractivity (Wildman–Crippen MR) is 90.9 cm³/mol. The number of amides is 1. The van der Waals surface area contributed by atoms with Gasteiger partial charge in [0.05, 0.1) is 21.5 Å². The molecule has 5 nitrogen and oxygen atoms in total. The highest BCUT2D eigenvalue weighted by molar-refractivity contribution is 9.11. The van der Waals surface area contributed by atoms with Crippen molar-refractivity contribution in [3.05, 3.63) is 45.1 Å².